The van der Waals surface area contributed by atoms with E-state index in [1.807, 2.05) is 13.8 Å². The summed E-state index contributed by atoms with van der Waals surface area (Å²) < 4.78 is 0. The highest BCUT2D eigenvalue weighted by molar-refractivity contribution is 5.84. The summed E-state index contributed by atoms with van der Waals surface area (Å²) in [6, 6.07) is 6.78. The van der Waals surface area contributed by atoms with Gasteiger partial charge in [-0.15, -0.1) is 0 Å². The molecule has 2 aliphatic rings. The molecule has 0 heterocycles. The second-order valence-corrected chi connectivity index (χ2v) is 6.36. The molecule has 0 spiro atoms. The van der Waals surface area contributed by atoms with E-state index in [0.717, 1.165) is 0 Å². The molecule has 0 saturated heterocycles. The predicted octanol–water partition coefficient (Wildman–Crippen LogP) is 7.47. The molecule has 0 atom stereocenters. The Hall–Kier alpha value is -1.30. The van der Waals surface area contributed by atoms with E-state index in [0.29, 0.717) is 0 Å². The predicted molar refractivity (Wildman–Crippen MR) is 104 cm³/mol. The first-order chi connectivity index (χ1) is 9.51. The molecule has 0 nitrogen and oxygen atoms in total. The second-order valence-electron chi connectivity index (χ2n) is 6.36. The smallest absolute Gasteiger partial charge is 0.0155 e. The summed E-state index contributed by atoms with van der Waals surface area (Å²) >= 11 is 0. The molecule has 22 heavy (non-hydrogen) atoms. The summed E-state index contributed by atoms with van der Waals surface area (Å²) in [6.07, 6.45) is 6.25. The summed E-state index contributed by atoms with van der Waals surface area (Å²) in [5.41, 5.74) is 9.42. The fourth-order valence-corrected chi connectivity index (χ4v) is 3.64. The topological polar surface area (TPSA) is 0 Å². The van der Waals surface area contributed by atoms with Crippen LogP contribution in [0.4, 0.5) is 0 Å². The third kappa shape index (κ3) is 3.21. The van der Waals surface area contributed by atoms with Crippen LogP contribution >= 0.6 is 0 Å². The molecule has 0 bridgehead atoms. The van der Waals surface area contributed by atoms with E-state index in [1.54, 1.807) is 22.3 Å². The standard InChI is InChI=1S/C18H22.C2H6.2CH4/c1-12-7-5-9-14-16(11-12)18(3,4)15-10-6-8-13(2)17(14)15;1-2;;/h6,8,10-11H,5,7,9H2,1-4H3;1-2H3;2*1H4. The zero-order chi connectivity index (χ0) is 14.9. The Morgan fingerprint density at radius 3 is 2.23 bits per heavy atom. The van der Waals surface area contributed by atoms with E-state index in [9.17, 15) is 0 Å². The van der Waals surface area contributed by atoms with Gasteiger partial charge in [-0.25, -0.2) is 0 Å². The van der Waals surface area contributed by atoms with Gasteiger partial charge in [-0.3, -0.25) is 0 Å². The molecular formula is C22H36. The molecule has 3 rings (SSSR count). The lowest BCUT2D eigenvalue weighted by Crippen LogP contribution is -2.16. The minimum atomic E-state index is 0. The molecule has 124 valence electrons. The van der Waals surface area contributed by atoms with E-state index in [1.165, 1.54) is 30.4 Å². The minimum Gasteiger partial charge on any atom is -0.0776 e. The Bertz CT molecular complexity index is 568. The molecule has 0 radical (unpaired) electrons. The number of rotatable bonds is 0. The van der Waals surface area contributed by atoms with Gasteiger partial charge in [0.05, 0.1) is 0 Å². The van der Waals surface area contributed by atoms with E-state index < -0.39 is 0 Å². The van der Waals surface area contributed by atoms with Crippen molar-refractivity contribution < 1.29 is 0 Å². The van der Waals surface area contributed by atoms with Gasteiger partial charge in [-0.05, 0) is 60.9 Å². The molecule has 0 aliphatic heterocycles. The molecule has 0 aromatic heterocycles. The third-order valence-corrected chi connectivity index (χ3v) is 4.64. The molecule has 0 unspecified atom stereocenters. The van der Waals surface area contributed by atoms with Crippen molar-refractivity contribution in [3.05, 3.63) is 52.1 Å². The molecular weight excluding hydrogens is 264 g/mol. The van der Waals surface area contributed by atoms with Crippen LogP contribution in [-0.2, 0) is 5.41 Å². The van der Waals surface area contributed by atoms with Gasteiger partial charge in [-0.2, -0.15) is 0 Å². The Kier molecular flexibility index (Phi) is 7.35. The van der Waals surface area contributed by atoms with E-state index in [4.69, 9.17) is 0 Å². The zero-order valence-corrected chi connectivity index (χ0v) is 13.9. The lowest BCUT2D eigenvalue weighted by Gasteiger charge is -2.23. The van der Waals surface area contributed by atoms with Gasteiger partial charge in [0, 0.05) is 5.41 Å². The van der Waals surface area contributed by atoms with Crippen molar-refractivity contribution in [2.75, 3.05) is 0 Å². The molecule has 1 aromatic carbocycles. The van der Waals surface area contributed by atoms with E-state index in [2.05, 4.69) is 52.0 Å². The molecule has 0 heteroatoms. The highest BCUT2D eigenvalue weighted by atomic mass is 14.4. The summed E-state index contributed by atoms with van der Waals surface area (Å²) in [5.74, 6) is 0. The SMILES string of the molecule is C.C.CC.CC1=CC2=C(CCC1)c1c(C)cccc1C2(C)C. The average molecular weight is 301 g/mol. The number of hydrogen-bond acceptors (Lipinski definition) is 0. The second kappa shape index (κ2) is 7.81. The van der Waals surface area contributed by atoms with Gasteiger partial charge in [0.25, 0.3) is 0 Å². The average Bonchev–Trinajstić information content (AvgIpc) is 2.57. The minimum absolute atomic E-state index is 0. The van der Waals surface area contributed by atoms with Crippen LogP contribution in [0.2, 0.25) is 0 Å². The van der Waals surface area contributed by atoms with Crippen molar-refractivity contribution in [1.29, 1.82) is 0 Å². The Morgan fingerprint density at radius 1 is 0.955 bits per heavy atom. The van der Waals surface area contributed by atoms with Crippen LogP contribution in [0.25, 0.3) is 5.57 Å². The summed E-state index contributed by atoms with van der Waals surface area (Å²) in [5, 5.41) is 0. The highest BCUT2D eigenvalue weighted by Gasteiger charge is 2.37. The lowest BCUT2D eigenvalue weighted by molar-refractivity contribution is 0.652. The number of hydrogen-bond donors (Lipinski definition) is 0. The first-order valence-electron chi connectivity index (χ1n) is 8.03. The Labute approximate surface area is 139 Å². The largest absolute Gasteiger partial charge is 0.0776 e. The van der Waals surface area contributed by atoms with Crippen molar-refractivity contribution in [3.8, 4) is 0 Å². The molecule has 0 fully saturated rings. The van der Waals surface area contributed by atoms with Crippen molar-refractivity contribution in [3.63, 3.8) is 0 Å². The number of allylic oxidation sites excluding steroid dienone is 4. The number of benzene rings is 1. The maximum absolute atomic E-state index is 2.46. The zero-order valence-electron chi connectivity index (χ0n) is 13.9. The van der Waals surface area contributed by atoms with Crippen molar-refractivity contribution >= 4 is 5.57 Å². The molecule has 2 aliphatic carbocycles. The molecule has 1 aromatic rings. The van der Waals surface area contributed by atoms with Gasteiger partial charge < -0.3 is 0 Å². The van der Waals surface area contributed by atoms with Crippen molar-refractivity contribution in [2.24, 2.45) is 0 Å². The van der Waals surface area contributed by atoms with Crippen LogP contribution in [-0.4, -0.2) is 0 Å². The number of aryl methyl sites for hydroxylation is 1. The first kappa shape index (κ1) is 20.7. The summed E-state index contributed by atoms with van der Waals surface area (Å²) in [6.45, 7) is 13.3. The summed E-state index contributed by atoms with van der Waals surface area (Å²) in [7, 11) is 0. The van der Waals surface area contributed by atoms with Gasteiger partial charge in [0.15, 0.2) is 0 Å². The van der Waals surface area contributed by atoms with Gasteiger partial charge >= 0.3 is 0 Å². The van der Waals surface area contributed by atoms with Gasteiger partial charge in [0.1, 0.15) is 0 Å². The molecule has 0 N–H and O–H groups in total. The quantitative estimate of drug-likeness (QED) is 0.466. The molecule has 0 amide bonds. The molecule has 0 saturated carbocycles. The van der Waals surface area contributed by atoms with Crippen molar-refractivity contribution in [1.82, 2.24) is 0 Å². The van der Waals surface area contributed by atoms with Crippen LogP contribution in [0.3, 0.4) is 0 Å². The van der Waals surface area contributed by atoms with E-state index in [-0.39, 0.29) is 20.3 Å². The summed E-state index contributed by atoms with van der Waals surface area (Å²) in [4.78, 5) is 0. The maximum atomic E-state index is 2.46. The lowest BCUT2D eigenvalue weighted by atomic mass is 9.80. The first-order valence-corrected chi connectivity index (χ1v) is 8.03. The van der Waals surface area contributed by atoms with Crippen molar-refractivity contribution in [2.45, 2.75) is 81.1 Å². The van der Waals surface area contributed by atoms with Crippen LogP contribution in [0.5, 0.6) is 0 Å². The van der Waals surface area contributed by atoms with Gasteiger partial charge in [-0.1, -0.05) is 72.4 Å². The third-order valence-electron chi connectivity index (χ3n) is 4.64. The van der Waals surface area contributed by atoms with Crippen LogP contribution in [0.15, 0.2) is 35.4 Å². The monoisotopic (exact) mass is 300 g/mol. The van der Waals surface area contributed by atoms with Crippen LogP contribution in [0, 0.1) is 6.92 Å². The Morgan fingerprint density at radius 2 is 1.59 bits per heavy atom. The van der Waals surface area contributed by atoms with E-state index >= 15 is 0 Å². The fraction of sp³-hybridized carbons (Fsp3) is 0.545. The normalized spacial score (nSPS) is 17.6. The fourth-order valence-electron chi connectivity index (χ4n) is 3.64. The van der Waals surface area contributed by atoms with Crippen LogP contribution in [0.1, 0.15) is 85.4 Å². The highest BCUT2D eigenvalue weighted by Crippen LogP contribution is 2.50. The van der Waals surface area contributed by atoms with Crippen LogP contribution < -0.4 is 0 Å². The van der Waals surface area contributed by atoms with Gasteiger partial charge in [0.2, 0.25) is 0 Å². The maximum Gasteiger partial charge on any atom is 0.0155 e. The Balaban J connectivity index is 0.00000106. The number of fused-ring (bicyclic) bond motifs is 2.